The molecule has 6 nitrogen and oxygen atoms in total. The van der Waals surface area contributed by atoms with Gasteiger partial charge in [0.05, 0.1) is 0 Å². The van der Waals surface area contributed by atoms with Crippen LogP contribution >= 0.6 is 0 Å². The van der Waals surface area contributed by atoms with E-state index in [1.807, 2.05) is 0 Å². The minimum absolute atomic E-state index is 0.665. The van der Waals surface area contributed by atoms with E-state index in [1.54, 1.807) is 0 Å². The molecule has 0 radical (unpaired) electrons. The Morgan fingerprint density at radius 3 is 2.10 bits per heavy atom. The van der Waals surface area contributed by atoms with Crippen molar-refractivity contribution in [2.75, 3.05) is 100 Å². The first-order valence-electron chi connectivity index (χ1n) is 12.1. The van der Waals surface area contributed by atoms with Crippen LogP contribution in [0.1, 0.15) is 19.8 Å². The summed E-state index contributed by atoms with van der Waals surface area (Å²) < 4.78 is 0. The fourth-order valence-corrected chi connectivity index (χ4v) is 6.22. The predicted octanol–water partition coefficient (Wildman–Crippen LogP) is 0.510. The van der Waals surface area contributed by atoms with Crippen LogP contribution in [0.3, 0.4) is 0 Å². The Balaban J connectivity index is 1.40. The van der Waals surface area contributed by atoms with Gasteiger partial charge in [0, 0.05) is 77.0 Å². The first-order chi connectivity index (χ1) is 13.9. The van der Waals surface area contributed by atoms with Gasteiger partial charge >= 0.3 is 0 Å². The van der Waals surface area contributed by atoms with E-state index in [1.165, 1.54) is 84.8 Å². The third kappa shape index (κ3) is 5.16. The molecule has 0 N–H and O–H groups in total. The topological polar surface area (TPSA) is 19.4 Å². The number of rotatable bonds is 5. The lowest BCUT2D eigenvalue weighted by atomic mass is 9.89. The number of hydrogen-bond donors (Lipinski definition) is 0. The highest BCUT2D eigenvalue weighted by molar-refractivity contribution is 4.98. The molecule has 0 bridgehead atoms. The maximum Gasteiger partial charge on any atom is 0.0391 e. The number of nitrogens with zero attached hydrogens (tertiary/aromatic N) is 6. The molecule has 0 saturated carbocycles. The first-order valence-corrected chi connectivity index (χ1v) is 12.1. The molecule has 4 rings (SSSR count). The molecule has 3 unspecified atom stereocenters. The van der Waals surface area contributed by atoms with Gasteiger partial charge in [-0.05, 0) is 72.9 Å². The molecule has 29 heavy (non-hydrogen) atoms. The van der Waals surface area contributed by atoms with Crippen LogP contribution in [0, 0.1) is 11.8 Å². The lowest BCUT2D eigenvalue weighted by molar-refractivity contribution is -0.0403. The second kappa shape index (κ2) is 9.49. The summed E-state index contributed by atoms with van der Waals surface area (Å²) in [6.45, 7) is 16.4. The van der Waals surface area contributed by atoms with Gasteiger partial charge in [0.2, 0.25) is 0 Å². The Kier molecular flexibility index (Phi) is 7.19. The van der Waals surface area contributed by atoms with Crippen molar-refractivity contribution in [3.63, 3.8) is 0 Å². The van der Waals surface area contributed by atoms with Crippen molar-refractivity contribution >= 4 is 0 Å². The number of likely N-dealkylation sites (tertiary alicyclic amines) is 2. The number of hydrogen-bond acceptors (Lipinski definition) is 6. The average Bonchev–Trinajstić information content (AvgIpc) is 2.68. The zero-order valence-electron chi connectivity index (χ0n) is 19.8. The molecule has 4 saturated heterocycles. The van der Waals surface area contributed by atoms with E-state index in [9.17, 15) is 0 Å². The van der Waals surface area contributed by atoms with Gasteiger partial charge in [0.1, 0.15) is 0 Å². The smallest absolute Gasteiger partial charge is 0.0391 e. The van der Waals surface area contributed by atoms with Crippen molar-refractivity contribution in [2.45, 2.75) is 37.9 Å². The summed E-state index contributed by atoms with van der Waals surface area (Å²) >= 11 is 0. The van der Waals surface area contributed by atoms with Gasteiger partial charge in [0.15, 0.2) is 0 Å². The lowest BCUT2D eigenvalue weighted by Crippen LogP contribution is -2.67. The van der Waals surface area contributed by atoms with Crippen molar-refractivity contribution in [1.29, 1.82) is 0 Å². The van der Waals surface area contributed by atoms with Gasteiger partial charge < -0.3 is 14.7 Å². The molecule has 0 aliphatic carbocycles. The molecule has 168 valence electrons. The Bertz CT molecular complexity index is 515. The van der Waals surface area contributed by atoms with Crippen LogP contribution < -0.4 is 0 Å². The Morgan fingerprint density at radius 1 is 0.690 bits per heavy atom. The Hall–Kier alpha value is -0.240. The highest BCUT2D eigenvalue weighted by Gasteiger charge is 2.41. The van der Waals surface area contributed by atoms with E-state index in [0.717, 1.165) is 17.9 Å². The van der Waals surface area contributed by atoms with E-state index >= 15 is 0 Å². The minimum atomic E-state index is 0.665. The quantitative estimate of drug-likeness (QED) is 0.658. The molecule has 4 fully saturated rings. The monoisotopic (exact) mass is 406 g/mol. The van der Waals surface area contributed by atoms with Crippen LogP contribution in [0.4, 0.5) is 0 Å². The molecule has 0 aromatic rings. The standard InChI is InChI=1S/C23H46N6/c1-19(21-15-26(4)16-21)28-13-11-27(5)22(18-28)23-17-25(3)10-12-29(23)14-20-6-8-24(2)9-7-20/h19-23H,6-18H2,1-5H3. The average molecular weight is 407 g/mol. The van der Waals surface area contributed by atoms with Crippen LogP contribution in [0.25, 0.3) is 0 Å². The largest absolute Gasteiger partial charge is 0.306 e. The summed E-state index contributed by atoms with van der Waals surface area (Å²) in [6, 6.07) is 2.07. The summed E-state index contributed by atoms with van der Waals surface area (Å²) in [6.07, 6.45) is 2.77. The molecule has 0 amide bonds. The molecule has 0 aromatic heterocycles. The van der Waals surface area contributed by atoms with E-state index in [-0.39, 0.29) is 0 Å². The maximum atomic E-state index is 2.89. The molecule has 4 heterocycles. The third-order valence-corrected chi connectivity index (χ3v) is 8.59. The van der Waals surface area contributed by atoms with E-state index in [4.69, 9.17) is 0 Å². The first kappa shape index (κ1) is 22.0. The third-order valence-electron chi connectivity index (χ3n) is 8.59. The fraction of sp³-hybridized carbons (Fsp3) is 1.00. The summed E-state index contributed by atoms with van der Waals surface area (Å²) in [7, 11) is 9.25. The molecule has 4 aliphatic heterocycles. The second-order valence-electron chi connectivity index (χ2n) is 10.8. The molecular weight excluding hydrogens is 360 g/mol. The van der Waals surface area contributed by atoms with Gasteiger partial charge in [-0.3, -0.25) is 14.7 Å². The van der Waals surface area contributed by atoms with Crippen molar-refractivity contribution in [3.05, 3.63) is 0 Å². The van der Waals surface area contributed by atoms with Gasteiger partial charge in [-0.15, -0.1) is 0 Å². The highest BCUT2D eigenvalue weighted by Crippen LogP contribution is 2.27. The van der Waals surface area contributed by atoms with Crippen LogP contribution in [0.2, 0.25) is 0 Å². The zero-order valence-corrected chi connectivity index (χ0v) is 19.8. The number of piperazine rings is 2. The van der Waals surface area contributed by atoms with Crippen LogP contribution in [-0.2, 0) is 0 Å². The van der Waals surface area contributed by atoms with Crippen LogP contribution in [0.5, 0.6) is 0 Å². The molecule has 6 heteroatoms. The van der Waals surface area contributed by atoms with Crippen LogP contribution in [0.15, 0.2) is 0 Å². The summed E-state index contributed by atoms with van der Waals surface area (Å²) in [5.74, 6) is 1.76. The second-order valence-corrected chi connectivity index (χ2v) is 10.8. The van der Waals surface area contributed by atoms with E-state index < -0.39 is 0 Å². The Labute approximate surface area is 179 Å². The van der Waals surface area contributed by atoms with Gasteiger partial charge in [-0.1, -0.05) is 0 Å². The lowest BCUT2D eigenvalue weighted by Gasteiger charge is -2.53. The van der Waals surface area contributed by atoms with Crippen molar-refractivity contribution in [1.82, 2.24) is 29.4 Å². The number of piperidine rings is 1. The van der Waals surface area contributed by atoms with Crippen molar-refractivity contribution in [3.8, 4) is 0 Å². The van der Waals surface area contributed by atoms with E-state index in [0.29, 0.717) is 12.1 Å². The Morgan fingerprint density at radius 2 is 1.41 bits per heavy atom. The number of likely N-dealkylation sites (N-methyl/N-ethyl adjacent to an activating group) is 2. The van der Waals surface area contributed by atoms with Crippen LogP contribution in [-0.4, -0.2) is 148 Å². The highest BCUT2D eigenvalue weighted by atomic mass is 15.4. The predicted molar refractivity (Wildman–Crippen MR) is 122 cm³/mol. The summed E-state index contributed by atoms with van der Waals surface area (Å²) in [5.41, 5.74) is 0. The van der Waals surface area contributed by atoms with Gasteiger partial charge in [-0.2, -0.15) is 0 Å². The van der Waals surface area contributed by atoms with Gasteiger partial charge in [0.25, 0.3) is 0 Å². The molecule has 0 spiro atoms. The zero-order chi connectivity index (χ0) is 20.5. The maximum absolute atomic E-state index is 2.89. The molecule has 3 atom stereocenters. The SMILES string of the molecule is CC(C1CN(C)C1)N1CCN(C)C(C2CN(C)CCN2CC2CCN(C)CC2)C1. The molecular formula is C23H46N6. The van der Waals surface area contributed by atoms with Crippen molar-refractivity contribution in [2.24, 2.45) is 11.8 Å². The van der Waals surface area contributed by atoms with Gasteiger partial charge in [-0.25, -0.2) is 0 Å². The van der Waals surface area contributed by atoms with Crippen molar-refractivity contribution < 1.29 is 0 Å². The summed E-state index contributed by atoms with van der Waals surface area (Å²) in [4.78, 5) is 15.9. The normalized spacial score (nSPS) is 35.1. The molecule has 4 aliphatic rings. The fourth-order valence-electron chi connectivity index (χ4n) is 6.22. The molecule has 0 aromatic carbocycles. The van der Waals surface area contributed by atoms with E-state index in [2.05, 4.69) is 64.5 Å². The summed E-state index contributed by atoms with van der Waals surface area (Å²) in [5, 5.41) is 0. The minimum Gasteiger partial charge on any atom is -0.306 e.